The van der Waals surface area contributed by atoms with E-state index in [1.54, 1.807) is 24.1 Å². The van der Waals surface area contributed by atoms with Crippen LogP contribution in [0.3, 0.4) is 0 Å². The number of benzene rings is 1. The zero-order valence-corrected chi connectivity index (χ0v) is 12.6. The Morgan fingerprint density at radius 2 is 1.90 bits per heavy atom. The largest absolute Gasteiger partial charge is 0.383 e. The van der Waals surface area contributed by atoms with Crippen molar-refractivity contribution >= 4 is 5.91 Å². The zero-order chi connectivity index (χ0) is 15.1. The molecule has 0 saturated carbocycles. The molecule has 1 rings (SSSR count). The first-order chi connectivity index (χ1) is 9.51. The first kappa shape index (κ1) is 16.6. The normalized spacial score (nSPS) is 12.5. The van der Waals surface area contributed by atoms with Gasteiger partial charge in [-0.25, -0.2) is 4.39 Å². The highest BCUT2D eigenvalue weighted by Crippen LogP contribution is 2.21. The first-order valence-corrected chi connectivity index (χ1v) is 6.70. The van der Waals surface area contributed by atoms with Gasteiger partial charge in [0, 0.05) is 20.2 Å². The highest BCUT2D eigenvalue weighted by Gasteiger charge is 2.26. The van der Waals surface area contributed by atoms with Crippen molar-refractivity contribution in [2.24, 2.45) is 0 Å². The minimum Gasteiger partial charge on any atom is -0.383 e. The zero-order valence-electron chi connectivity index (χ0n) is 12.6. The highest BCUT2D eigenvalue weighted by molar-refractivity contribution is 5.83. The van der Waals surface area contributed by atoms with Crippen LogP contribution in [-0.4, -0.2) is 56.6 Å². The molecule has 112 valence electrons. The maximum Gasteiger partial charge on any atom is 0.244 e. The molecular weight excluding hydrogens is 259 g/mol. The van der Waals surface area contributed by atoms with Crippen LogP contribution < -0.4 is 0 Å². The molecule has 5 heteroatoms. The van der Waals surface area contributed by atoms with Gasteiger partial charge >= 0.3 is 0 Å². The molecule has 1 aromatic rings. The number of methoxy groups -OCH3 is 1. The number of carbonyl (C=O) groups excluding carboxylic acids is 1. The summed E-state index contributed by atoms with van der Waals surface area (Å²) in [5.74, 6) is -0.299. The van der Waals surface area contributed by atoms with Gasteiger partial charge in [-0.2, -0.15) is 0 Å². The lowest BCUT2D eigenvalue weighted by molar-refractivity contribution is -0.136. The van der Waals surface area contributed by atoms with Gasteiger partial charge in [0.05, 0.1) is 6.61 Å². The summed E-state index contributed by atoms with van der Waals surface area (Å²) in [7, 11) is 5.30. The van der Waals surface area contributed by atoms with E-state index in [0.717, 1.165) is 5.56 Å². The molecule has 20 heavy (non-hydrogen) atoms. The summed E-state index contributed by atoms with van der Waals surface area (Å²) in [5.41, 5.74) is 0.789. The molecule has 0 aliphatic heterocycles. The molecule has 1 atom stereocenters. The van der Waals surface area contributed by atoms with Crippen molar-refractivity contribution in [1.29, 1.82) is 0 Å². The lowest BCUT2D eigenvalue weighted by Gasteiger charge is -2.30. The van der Waals surface area contributed by atoms with Gasteiger partial charge in [-0.3, -0.25) is 9.69 Å². The number of hydrogen-bond donors (Lipinski definition) is 0. The molecule has 4 nitrogen and oxygen atoms in total. The standard InChI is InChI=1S/C15H23FN2O2/c1-5-18(10-11-20-4)15(19)14(17(2)3)12-6-8-13(16)9-7-12/h6-9,14H,5,10-11H2,1-4H3. The van der Waals surface area contributed by atoms with E-state index in [1.165, 1.54) is 12.1 Å². The molecule has 0 aliphatic rings. The van der Waals surface area contributed by atoms with Crippen LogP contribution >= 0.6 is 0 Å². The minimum atomic E-state index is -0.410. The molecule has 0 N–H and O–H groups in total. The van der Waals surface area contributed by atoms with Crippen molar-refractivity contribution in [3.05, 3.63) is 35.6 Å². The second-order valence-electron chi connectivity index (χ2n) is 4.83. The molecular formula is C15H23FN2O2. The van der Waals surface area contributed by atoms with E-state index in [4.69, 9.17) is 4.74 Å². The lowest BCUT2D eigenvalue weighted by atomic mass is 10.0. The summed E-state index contributed by atoms with van der Waals surface area (Å²) in [6.45, 7) is 3.61. The molecule has 0 spiro atoms. The van der Waals surface area contributed by atoms with Gasteiger partial charge in [-0.15, -0.1) is 0 Å². The number of rotatable bonds is 7. The van der Waals surface area contributed by atoms with Crippen LogP contribution in [0.25, 0.3) is 0 Å². The second kappa shape index (κ2) is 7.97. The first-order valence-electron chi connectivity index (χ1n) is 6.70. The van der Waals surface area contributed by atoms with Crippen LogP contribution in [0.1, 0.15) is 18.5 Å². The number of halogens is 1. The van der Waals surface area contributed by atoms with Gasteiger partial charge in [0.15, 0.2) is 0 Å². The fraction of sp³-hybridized carbons (Fsp3) is 0.533. The van der Waals surface area contributed by atoms with Crippen LogP contribution in [0.5, 0.6) is 0 Å². The maximum atomic E-state index is 13.0. The Morgan fingerprint density at radius 3 is 2.35 bits per heavy atom. The average molecular weight is 282 g/mol. The summed E-state index contributed by atoms with van der Waals surface area (Å²) >= 11 is 0. The van der Waals surface area contributed by atoms with Gasteiger partial charge in [-0.05, 0) is 38.7 Å². The van der Waals surface area contributed by atoms with Crippen LogP contribution in [-0.2, 0) is 9.53 Å². The quantitative estimate of drug-likeness (QED) is 0.766. The minimum absolute atomic E-state index is 0.00107. The third kappa shape index (κ3) is 4.28. The Bertz CT molecular complexity index is 420. The molecule has 0 fully saturated rings. The molecule has 0 bridgehead atoms. The van der Waals surface area contributed by atoms with Crippen molar-refractivity contribution in [3.63, 3.8) is 0 Å². The molecule has 1 unspecified atom stereocenters. The third-order valence-electron chi connectivity index (χ3n) is 3.19. The van der Waals surface area contributed by atoms with Crippen molar-refractivity contribution in [2.45, 2.75) is 13.0 Å². The number of nitrogens with zero attached hydrogens (tertiary/aromatic N) is 2. The monoisotopic (exact) mass is 282 g/mol. The van der Waals surface area contributed by atoms with E-state index >= 15 is 0 Å². The Kier molecular flexibility index (Phi) is 6.61. The predicted molar refractivity (Wildman–Crippen MR) is 77.0 cm³/mol. The average Bonchev–Trinajstić information content (AvgIpc) is 2.41. The number of hydrogen-bond acceptors (Lipinski definition) is 3. The van der Waals surface area contributed by atoms with Crippen molar-refractivity contribution in [2.75, 3.05) is 40.9 Å². The molecule has 1 aromatic carbocycles. The number of ether oxygens (including phenoxy) is 1. The molecule has 0 radical (unpaired) electrons. The Labute approximate surface area is 120 Å². The number of amides is 1. The smallest absolute Gasteiger partial charge is 0.244 e. The van der Waals surface area contributed by atoms with Gasteiger partial charge in [0.1, 0.15) is 11.9 Å². The third-order valence-corrected chi connectivity index (χ3v) is 3.19. The van der Waals surface area contributed by atoms with Gasteiger partial charge < -0.3 is 9.64 Å². The van der Waals surface area contributed by atoms with Crippen molar-refractivity contribution in [3.8, 4) is 0 Å². The van der Waals surface area contributed by atoms with E-state index in [-0.39, 0.29) is 11.7 Å². The van der Waals surface area contributed by atoms with E-state index in [9.17, 15) is 9.18 Å². The molecule has 1 amide bonds. The van der Waals surface area contributed by atoms with E-state index < -0.39 is 6.04 Å². The van der Waals surface area contributed by atoms with Crippen LogP contribution in [0.2, 0.25) is 0 Å². The van der Waals surface area contributed by atoms with Crippen LogP contribution in [0.4, 0.5) is 4.39 Å². The fourth-order valence-corrected chi connectivity index (χ4v) is 2.11. The van der Waals surface area contributed by atoms with E-state index in [0.29, 0.717) is 19.7 Å². The summed E-state index contributed by atoms with van der Waals surface area (Å²) in [6, 6.07) is 5.66. The predicted octanol–water partition coefficient (Wildman–Crippen LogP) is 1.92. The van der Waals surface area contributed by atoms with Gasteiger partial charge in [0.25, 0.3) is 0 Å². The summed E-state index contributed by atoms with van der Waals surface area (Å²) in [6.07, 6.45) is 0. The Hall–Kier alpha value is -1.46. The van der Waals surface area contributed by atoms with Crippen LogP contribution in [0, 0.1) is 5.82 Å². The molecule has 0 aliphatic carbocycles. The fourth-order valence-electron chi connectivity index (χ4n) is 2.11. The Morgan fingerprint density at radius 1 is 1.30 bits per heavy atom. The summed E-state index contributed by atoms with van der Waals surface area (Å²) in [5, 5.41) is 0. The van der Waals surface area contributed by atoms with Crippen LogP contribution in [0.15, 0.2) is 24.3 Å². The highest BCUT2D eigenvalue weighted by atomic mass is 19.1. The maximum absolute atomic E-state index is 13.0. The lowest BCUT2D eigenvalue weighted by Crippen LogP contribution is -2.41. The van der Waals surface area contributed by atoms with Gasteiger partial charge in [0.2, 0.25) is 5.91 Å². The van der Waals surface area contributed by atoms with Crippen molar-refractivity contribution < 1.29 is 13.9 Å². The Balaban J connectivity index is 2.94. The number of carbonyl (C=O) groups is 1. The molecule has 0 heterocycles. The number of likely N-dealkylation sites (N-methyl/N-ethyl adjacent to an activating group) is 2. The summed E-state index contributed by atoms with van der Waals surface area (Å²) in [4.78, 5) is 16.2. The SMILES string of the molecule is CCN(CCOC)C(=O)C(c1ccc(F)cc1)N(C)C. The second-order valence-corrected chi connectivity index (χ2v) is 4.83. The summed E-state index contributed by atoms with van der Waals surface area (Å²) < 4.78 is 18.0. The van der Waals surface area contributed by atoms with E-state index in [1.807, 2.05) is 25.9 Å². The van der Waals surface area contributed by atoms with E-state index in [2.05, 4.69) is 0 Å². The topological polar surface area (TPSA) is 32.8 Å². The van der Waals surface area contributed by atoms with Gasteiger partial charge in [-0.1, -0.05) is 12.1 Å². The van der Waals surface area contributed by atoms with Crippen molar-refractivity contribution in [1.82, 2.24) is 9.80 Å². The molecule has 0 aromatic heterocycles. The molecule has 0 saturated heterocycles.